The topological polar surface area (TPSA) is 71.5 Å². The van der Waals surface area contributed by atoms with Gasteiger partial charge in [0, 0.05) is 24.9 Å². The zero-order valence-corrected chi connectivity index (χ0v) is 13.8. The van der Waals surface area contributed by atoms with Crippen LogP contribution in [0.3, 0.4) is 0 Å². The van der Waals surface area contributed by atoms with Gasteiger partial charge in [-0.2, -0.15) is 0 Å². The van der Waals surface area contributed by atoms with Crippen LogP contribution in [0.15, 0.2) is 41.6 Å². The number of hydrogen-bond acceptors (Lipinski definition) is 5. The Morgan fingerprint density at radius 3 is 2.26 bits per heavy atom. The highest BCUT2D eigenvalue weighted by molar-refractivity contribution is 7.92. The Morgan fingerprint density at radius 2 is 1.70 bits per heavy atom. The summed E-state index contributed by atoms with van der Waals surface area (Å²) in [6.07, 6.45) is 4.04. The molecule has 2 aliphatic rings. The molecule has 1 atom stereocenters. The number of benzene rings is 1. The number of nitrogens with zero attached hydrogens (tertiary/aromatic N) is 1. The zero-order chi connectivity index (χ0) is 16.6. The molecule has 1 aromatic carbocycles. The third-order valence-corrected chi connectivity index (χ3v) is 5.67. The van der Waals surface area contributed by atoms with Crippen molar-refractivity contribution in [2.24, 2.45) is 0 Å². The van der Waals surface area contributed by atoms with Crippen LogP contribution in [0.2, 0.25) is 0 Å². The minimum absolute atomic E-state index is 0.0496. The fourth-order valence-corrected chi connectivity index (χ4v) is 4.43. The second-order valence-electron chi connectivity index (χ2n) is 6.08. The maximum absolute atomic E-state index is 12.7. The van der Waals surface area contributed by atoms with Gasteiger partial charge in [-0.1, -0.05) is 30.3 Å². The summed E-state index contributed by atoms with van der Waals surface area (Å²) < 4.78 is 24.0. The summed E-state index contributed by atoms with van der Waals surface area (Å²) in [7, 11) is -3.56. The molecule has 0 radical (unpaired) electrons. The van der Waals surface area contributed by atoms with Crippen molar-refractivity contribution >= 4 is 21.4 Å². The van der Waals surface area contributed by atoms with Gasteiger partial charge in [0.2, 0.25) is 0 Å². The Labute approximate surface area is 135 Å². The lowest BCUT2D eigenvalue weighted by molar-refractivity contribution is -0.116. The van der Waals surface area contributed by atoms with Crippen molar-refractivity contribution in [3.63, 3.8) is 0 Å². The van der Waals surface area contributed by atoms with Gasteiger partial charge in [0.05, 0.1) is 11.3 Å². The van der Waals surface area contributed by atoms with Crippen LogP contribution in [0.5, 0.6) is 0 Å². The van der Waals surface area contributed by atoms with Crippen LogP contribution in [0, 0.1) is 0 Å². The van der Waals surface area contributed by atoms with Gasteiger partial charge in [-0.25, -0.2) is 8.42 Å². The van der Waals surface area contributed by atoms with Crippen molar-refractivity contribution in [1.29, 1.82) is 0 Å². The Hall–Kier alpha value is -1.95. The standard InChI is InChI=1S/C17H19NO4S/c1-23(21,22)17-14(18-10-6-3-7-11-18)13(16(17)20)15(19)12-8-4-2-5-9-12/h2,4-5,8-9,17H,3,6-7,10-11H2,1H3/t17-/m1/s1. The number of rotatable bonds is 4. The first-order chi connectivity index (χ1) is 10.9. The van der Waals surface area contributed by atoms with Gasteiger partial charge < -0.3 is 4.90 Å². The van der Waals surface area contributed by atoms with Crippen LogP contribution < -0.4 is 0 Å². The second kappa shape index (κ2) is 5.92. The molecule has 0 amide bonds. The predicted molar refractivity (Wildman–Crippen MR) is 86.9 cm³/mol. The van der Waals surface area contributed by atoms with E-state index in [0.717, 1.165) is 25.5 Å². The van der Waals surface area contributed by atoms with E-state index in [4.69, 9.17) is 0 Å². The first-order valence-corrected chi connectivity index (χ1v) is 9.68. The molecule has 5 nitrogen and oxygen atoms in total. The molecule has 122 valence electrons. The first-order valence-electron chi connectivity index (χ1n) is 7.73. The molecule has 3 rings (SSSR count). The molecular weight excluding hydrogens is 314 g/mol. The van der Waals surface area contributed by atoms with Crippen LogP contribution in [-0.2, 0) is 14.6 Å². The van der Waals surface area contributed by atoms with E-state index in [-0.39, 0.29) is 11.4 Å². The summed E-state index contributed by atoms with van der Waals surface area (Å²) in [5.41, 5.74) is 0.872. The molecule has 1 saturated heterocycles. The molecule has 1 heterocycles. The quantitative estimate of drug-likeness (QED) is 0.618. The smallest absolute Gasteiger partial charge is 0.198 e. The van der Waals surface area contributed by atoms with Gasteiger partial charge in [-0.15, -0.1) is 0 Å². The molecule has 0 unspecified atom stereocenters. The van der Waals surface area contributed by atoms with E-state index in [0.29, 0.717) is 24.4 Å². The van der Waals surface area contributed by atoms with Crippen LogP contribution in [0.25, 0.3) is 0 Å². The molecule has 1 fully saturated rings. The molecule has 1 aromatic rings. The summed E-state index contributed by atoms with van der Waals surface area (Å²) in [5.74, 6) is -0.946. The number of carbonyl (C=O) groups is 2. The van der Waals surface area contributed by atoms with Crippen LogP contribution in [-0.4, -0.2) is 49.5 Å². The number of piperidine rings is 1. The van der Waals surface area contributed by atoms with Gasteiger partial charge in [-0.3, -0.25) is 9.59 Å². The Kier molecular flexibility index (Phi) is 4.10. The van der Waals surface area contributed by atoms with Crippen molar-refractivity contribution in [2.45, 2.75) is 24.5 Å². The lowest BCUT2D eigenvalue weighted by Gasteiger charge is -2.40. The Morgan fingerprint density at radius 1 is 1.09 bits per heavy atom. The molecule has 1 aliphatic carbocycles. The molecular formula is C17H19NO4S. The number of allylic oxidation sites excluding steroid dienone is 1. The lowest BCUT2D eigenvalue weighted by Crippen LogP contribution is -2.52. The number of ketones is 2. The fraction of sp³-hybridized carbons (Fsp3) is 0.412. The summed E-state index contributed by atoms with van der Waals surface area (Å²) in [6, 6.07) is 8.53. The van der Waals surface area contributed by atoms with Crippen LogP contribution in [0.4, 0.5) is 0 Å². The Bertz CT molecular complexity index is 774. The van der Waals surface area contributed by atoms with Crippen LogP contribution in [0.1, 0.15) is 29.6 Å². The summed E-state index contributed by atoms with van der Waals surface area (Å²) in [5, 5.41) is -1.18. The average molecular weight is 333 g/mol. The highest BCUT2D eigenvalue weighted by Gasteiger charge is 2.50. The van der Waals surface area contributed by atoms with Gasteiger partial charge in [0.25, 0.3) is 0 Å². The van der Waals surface area contributed by atoms with Crippen molar-refractivity contribution in [2.75, 3.05) is 19.3 Å². The van der Waals surface area contributed by atoms with Gasteiger partial charge in [0.15, 0.2) is 26.7 Å². The van der Waals surface area contributed by atoms with E-state index in [2.05, 4.69) is 0 Å². The maximum atomic E-state index is 12.7. The number of sulfone groups is 1. The molecule has 0 spiro atoms. The summed E-state index contributed by atoms with van der Waals surface area (Å²) in [4.78, 5) is 27.0. The molecule has 0 saturated carbocycles. The van der Waals surface area contributed by atoms with E-state index < -0.39 is 20.9 Å². The number of hydrogen-bond donors (Lipinski definition) is 0. The number of carbonyl (C=O) groups excluding carboxylic acids is 2. The van der Waals surface area contributed by atoms with Crippen molar-refractivity contribution in [3.05, 3.63) is 47.2 Å². The van der Waals surface area contributed by atoms with Crippen LogP contribution >= 0.6 is 0 Å². The number of likely N-dealkylation sites (tertiary alicyclic amines) is 1. The molecule has 0 bridgehead atoms. The maximum Gasteiger partial charge on any atom is 0.198 e. The normalized spacial score (nSPS) is 22.0. The van der Waals surface area contributed by atoms with E-state index >= 15 is 0 Å². The summed E-state index contributed by atoms with van der Waals surface area (Å²) in [6.45, 7) is 1.39. The van der Waals surface area contributed by atoms with E-state index in [1.165, 1.54) is 0 Å². The highest BCUT2D eigenvalue weighted by atomic mass is 32.2. The van der Waals surface area contributed by atoms with Gasteiger partial charge in [-0.05, 0) is 19.3 Å². The molecule has 0 N–H and O–H groups in total. The first kappa shape index (κ1) is 15.9. The third-order valence-electron chi connectivity index (χ3n) is 4.38. The second-order valence-corrected chi connectivity index (χ2v) is 8.21. The van der Waals surface area contributed by atoms with Gasteiger partial charge >= 0.3 is 0 Å². The largest absolute Gasteiger partial charge is 0.373 e. The lowest BCUT2D eigenvalue weighted by atomic mass is 9.84. The fourth-order valence-electron chi connectivity index (χ4n) is 3.25. The van der Waals surface area contributed by atoms with Crippen molar-refractivity contribution in [3.8, 4) is 0 Å². The molecule has 1 aliphatic heterocycles. The molecule has 0 aromatic heterocycles. The number of Topliss-reactive ketones (excluding diaryl/α,β-unsaturated/α-hetero) is 2. The minimum Gasteiger partial charge on any atom is -0.373 e. The third kappa shape index (κ3) is 2.83. The Balaban J connectivity index is 2.05. The van der Waals surface area contributed by atoms with Crippen molar-refractivity contribution in [1.82, 2.24) is 4.90 Å². The average Bonchev–Trinajstić information content (AvgIpc) is 2.52. The zero-order valence-electron chi connectivity index (χ0n) is 13.0. The SMILES string of the molecule is CS(=O)(=O)[C@H]1C(=O)C(C(=O)c2ccccc2)=C1N1CCCCC1. The van der Waals surface area contributed by atoms with E-state index in [1.807, 2.05) is 4.90 Å². The van der Waals surface area contributed by atoms with E-state index in [9.17, 15) is 18.0 Å². The summed E-state index contributed by atoms with van der Waals surface area (Å²) >= 11 is 0. The highest BCUT2D eigenvalue weighted by Crippen LogP contribution is 2.36. The van der Waals surface area contributed by atoms with E-state index in [1.54, 1.807) is 30.3 Å². The predicted octanol–water partition coefficient (Wildman–Crippen LogP) is 1.61. The van der Waals surface area contributed by atoms with Crippen molar-refractivity contribution < 1.29 is 18.0 Å². The molecule has 23 heavy (non-hydrogen) atoms. The molecule has 6 heteroatoms. The van der Waals surface area contributed by atoms with Gasteiger partial charge in [0.1, 0.15) is 0 Å². The minimum atomic E-state index is -3.56. The monoisotopic (exact) mass is 333 g/mol.